The van der Waals surface area contributed by atoms with Crippen LogP contribution < -0.4 is 0 Å². The van der Waals surface area contributed by atoms with Crippen molar-refractivity contribution < 1.29 is 13.9 Å². The number of nitrogens with zero attached hydrogens (tertiary/aromatic N) is 7. The molecule has 5 aliphatic heterocycles. The molecule has 0 radical (unpaired) electrons. The molecule has 9 nitrogen and oxygen atoms in total. The van der Waals surface area contributed by atoms with Gasteiger partial charge in [-0.05, 0) is 81.7 Å². The number of aliphatic imine (C=N–C) groups is 2. The molecule has 1 aromatic rings. The summed E-state index contributed by atoms with van der Waals surface area (Å²) in [5.74, 6) is -1.08. The fourth-order valence-corrected chi connectivity index (χ4v) is 8.61. The number of carbonyl (C=O) groups is 1. The van der Waals surface area contributed by atoms with Crippen molar-refractivity contribution in [3.8, 4) is 6.07 Å². The Morgan fingerprint density at radius 3 is 2.76 bits per heavy atom. The number of hydrogen-bond acceptors (Lipinski definition) is 7. The number of amides is 1. The number of halogens is 1. The predicted molar refractivity (Wildman–Crippen MR) is 174 cm³/mol. The van der Waals surface area contributed by atoms with Crippen molar-refractivity contribution in [2.24, 2.45) is 15.9 Å². The quantitative estimate of drug-likeness (QED) is 0.339. The maximum atomic E-state index is 16.9. The molecule has 46 heavy (non-hydrogen) atoms. The molecule has 0 saturated carbocycles. The standard InChI is InChI=1S/C36H40FN7O2/c1-3-30(45)44-18-17-42(22-25(44)20-39-2)34-28(19-38)35(46-23-36-13-7-15-43(36)16-8-14-36)41-33-29(34)21-40-32(31(33)37)27-12-6-10-24-9-4-5-11-26(24)27/h3,6,10,12,21,25,29,33H,1,4-5,7-9,11,13-18,20,22-23H2/t25-,29?,33?/m0/s1. The highest BCUT2D eigenvalue weighted by Crippen LogP contribution is 2.43. The zero-order chi connectivity index (χ0) is 31.8. The van der Waals surface area contributed by atoms with E-state index in [0.29, 0.717) is 37.6 Å². The Hall–Kier alpha value is -4.28. The molecule has 0 N–H and O–H groups in total. The van der Waals surface area contributed by atoms with Crippen molar-refractivity contribution in [1.82, 2.24) is 14.7 Å². The number of rotatable bonds is 6. The second kappa shape index (κ2) is 12.5. The third-order valence-corrected chi connectivity index (χ3v) is 10.9. The van der Waals surface area contributed by atoms with Gasteiger partial charge in [0.05, 0.1) is 11.5 Å². The second-order valence-electron chi connectivity index (χ2n) is 13.3. The van der Waals surface area contributed by atoms with E-state index in [9.17, 15) is 10.1 Å². The molecule has 6 aliphatic rings. The number of fused-ring (bicyclic) bond motifs is 3. The largest absolute Gasteiger partial charge is 0.475 e. The van der Waals surface area contributed by atoms with Crippen LogP contribution in [0.5, 0.6) is 0 Å². The molecule has 1 amide bonds. The average Bonchev–Trinajstić information content (AvgIpc) is 3.67. The van der Waals surface area contributed by atoms with Crippen molar-refractivity contribution in [1.29, 1.82) is 5.26 Å². The molecule has 7 rings (SSSR count). The molecule has 0 bridgehead atoms. The number of dihydropyridines is 1. The van der Waals surface area contributed by atoms with Crippen molar-refractivity contribution in [2.75, 3.05) is 45.9 Å². The van der Waals surface area contributed by atoms with Crippen molar-refractivity contribution in [2.45, 2.75) is 69.0 Å². The predicted octanol–water partition coefficient (Wildman–Crippen LogP) is 4.73. The molecule has 1 aliphatic carbocycles. The van der Waals surface area contributed by atoms with Gasteiger partial charge in [-0.1, -0.05) is 24.8 Å². The average molecular weight is 622 g/mol. The SMILES string of the molecule is [C-]#[N+]C[C@H]1CN(C2=C(C#N)C(OCC34CCCN3CCC4)=NC3C(F)=C(c4cccc5c4CCCC5)N=CC23)CCN1C(=O)C=C. The number of carbonyl (C=O) groups excluding carboxylic acids is 1. The summed E-state index contributed by atoms with van der Waals surface area (Å²) in [4.78, 5) is 32.1. The Balaban J connectivity index is 1.28. The van der Waals surface area contributed by atoms with E-state index in [1.807, 2.05) is 17.0 Å². The van der Waals surface area contributed by atoms with Gasteiger partial charge >= 0.3 is 0 Å². The topological polar surface area (TPSA) is 88.9 Å². The number of nitriles is 1. The maximum absolute atomic E-state index is 16.9. The lowest BCUT2D eigenvalue weighted by molar-refractivity contribution is -0.130. The fourth-order valence-electron chi connectivity index (χ4n) is 8.61. The first-order valence-corrected chi connectivity index (χ1v) is 16.6. The molecule has 0 spiro atoms. The monoisotopic (exact) mass is 621 g/mol. The van der Waals surface area contributed by atoms with Crippen LogP contribution in [0.25, 0.3) is 10.5 Å². The van der Waals surface area contributed by atoms with Crippen LogP contribution in [0.1, 0.15) is 55.2 Å². The Kier molecular flexibility index (Phi) is 8.25. The minimum absolute atomic E-state index is 0.0752. The summed E-state index contributed by atoms with van der Waals surface area (Å²) >= 11 is 0. The Labute approximate surface area is 270 Å². The van der Waals surface area contributed by atoms with Gasteiger partial charge in [0.25, 0.3) is 0 Å². The molecule has 1 aromatic carbocycles. The lowest BCUT2D eigenvalue weighted by Crippen LogP contribution is -2.57. The Bertz CT molecular complexity index is 1640. The summed E-state index contributed by atoms with van der Waals surface area (Å²) < 4.78 is 23.4. The Morgan fingerprint density at radius 2 is 2.00 bits per heavy atom. The number of ether oxygens (including phenoxy) is 1. The number of hydrogen-bond donors (Lipinski definition) is 0. The maximum Gasteiger partial charge on any atom is 0.246 e. The molecule has 2 unspecified atom stereocenters. The van der Waals surface area contributed by atoms with E-state index >= 15 is 4.39 Å². The summed E-state index contributed by atoms with van der Waals surface area (Å²) in [7, 11) is 0. The van der Waals surface area contributed by atoms with Gasteiger partial charge in [-0.3, -0.25) is 14.7 Å². The zero-order valence-electron chi connectivity index (χ0n) is 26.3. The molecule has 3 fully saturated rings. The first-order chi connectivity index (χ1) is 22.5. The summed E-state index contributed by atoms with van der Waals surface area (Å²) in [5.41, 5.74) is 4.35. The van der Waals surface area contributed by atoms with E-state index in [1.54, 1.807) is 11.1 Å². The van der Waals surface area contributed by atoms with E-state index < -0.39 is 23.8 Å². The van der Waals surface area contributed by atoms with Crippen LogP contribution in [-0.2, 0) is 22.4 Å². The van der Waals surface area contributed by atoms with Crippen LogP contribution in [0.2, 0.25) is 0 Å². The van der Waals surface area contributed by atoms with Gasteiger partial charge < -0.3 is 19.4 Å². The normalized spacial score (nSPS) is 26.9. The van der Waals surface area contributed by atoms with E-state index in [-0.39, 0.29) is 29.5 Å². The first kappa shape index (κ1) is 30.4. The first-order valence-electron chi connectivity index (χ1n) is 16.6. The number of aryl methyl sites for hydroxylation is 1. The third-order valence-electron chi connectivity index (χ3n) is 10.9. The van der Waals surface area contributed by atoms with Gasteiger partial charge in [0.2, 0.25) is 18.3 Å². The van der Waals surface area contributed by atoms with Crippen LogP contribution in [0, 0.1) is 23.8 Å². The van der Waals surface area contributed by atoms with Crippen LogP contribution in [0.4, 0.5) is 4.39 Å². The van der Waals surface area contributed by atoms with Crippen molar-refractivity contribution >= 4 is 23.7 Å². The number of piperazine rings is 1. The van der Waals surface area contributed by atoms with Crippen LogP contribution in [0.15, 0.2) is 57.9 Å². The highest BCUT2D eigenvalue weighted by molar-refractivity contribution is 6.01. The van der Waals surface area contributed by atoms with Gasteiger partial charge in [0, 0.05) is 37.1 Å². The van der Waals surface area contributed by atoms with Crippen LogP contribution in [-0.4, -0.2) is 96.2 Å². The smallest absolute Gasteiger partial charge is 0.246 e. The summed E-state index contributed by atoms with van der Waals surface area (Å²) in [6, 6.07) is 7.10. The van der Waals surface area contributed by atoms with Gasteiger partial charge in [-0.25, -0.2) is 16.0 Å². The summed E-state index contributed by atoms with van der Waals surface area (Å²) in [6.45, 7) is 14.9. The lowest BCUT2D eigenvalue weighted by Gasteiger charge is -2.44. The van der Waals surface area contributed by atoms with E-state index in [0.717, 1.165) is 75.6 Å². The van der Waals surface area contributed by atoms with Crippen molar-refractivity contribution in [3.63, 3.8) is 0 Å². The van der Waals surface area contributed by atoms with Crippen LogP contribution in [0.3, 0.4) is 0 Å². The molecule has 3 atom stereocenters. The van der Waals surface area contributed by atoms with Crippen molar-refractivity contribution in [3.05, 3.63) is 76.1 Å². The zero-order valence-corrected chi connectivity index (χ0v) is 26.3. The summed E-state index contributed by atoms with van der Waals surface area (Å²) in [6.07, 6.45) is 11.4. The van der Waals surface area contributed by atoms with E-state index in [1.165, 1.54) is 11.6 Å². The number of benzene rings is 1. The molecule has 10 heteroatoms. The molecule has 0 aromatic heterocycles. The third kappa shape index (κ3) is 5.13. The minimum atomic E-state index is -0.929. The summed E-state index contributed by atoms with van der Waals surface area (Å²) in [5, 5.41) is 10.6. The molecule has 3 saturated heterocycles. The van der Waals surface area contributed by atoms with E-state index in [4.69, 9.17) is 21.3 Å². The second-order valence-corrected chi connectivity index (χ2v) is 13.3. The minimum Gasteiger partial charge on any atom is -0.475 e. The van der Waals surface area contributed by atoms with Gasteiger partial charge in [-0.15, -0.1) is 0 Å². The molecule has 5 heterocycles. The highest BCUT2D eigenvalue weighted by Gasteiger charge is 2.47. The van der Waals surface area contributed by atoms with Gasteiger partial charge in [0.15, 0.2) is 5.83 Å². The molecular formula is C36H40FN7O2. The highest BCUT2D eigenvalue weighted by atomic mass is 19.1. The van der Waals surface area contributed by atoms with Gasteiger partial charge in [0.1, 0.15) is 36.0 Å². The lowest BCUT2D eigenvalue weighted by atomic mass is 9.83. The fraction of sp³-hybridized carbons (Fsp3) is 0.528. The Morgan fingerprint density at radius 1 is 1.20 bits per heavy atom. The van der Waals surface area contributed by atoms with Crippen LogP contribution >= 0.6 is 0 Å². The van der Waals surface area contributed by atoms with E-state index in [2.05, 4.69) is 28.5 Å². The molecular weight excluding hydrogens is 581 g/mol. The molecule has 238 valence electrons. The van der Waals surface area contributed by atoms with Gasteiger partial charge in [-0.2, -0.15) is 5.26 Å².